The smallest absolute Gasteiger partial charge is 0.353 e. The average Bonchev–Trinajstić information content (AvgIpc) is 3.20. The second-order valence-electron chi connectivity index (χ2n) is 8.74. The van der Waals surface area contributed by atoms with Crippen LogP contribution >= 0.6 is 11.6 Å². The second-order valence-corrected chi connectivity index (χ2v) is 9.15. The molecule has 2 heterocycles. The fraction of sp³-hybridized carbons (Fsp3) is 0.333. The van der Waals surface area contributed by atoms with Crippen molar-refractivity contribution in [2.45, 2.75) is 38.0 Å². The Morgan fingerprint density at radius 1 is 1.18 bits per heavy atom. The molecule has 0 bridgehead atoms. The molecule has 1 fully saturated rings. The van der Waals surface area contributed by atoms with Gasteiger partial charge in [-0.25, -0.2) is 4.39 Å². The van der Waals surface area contributed by atoms with Gasteiger partial charge in [-0.05, 0) is 44.0 Å². The van der Waals surface area contributed by atoms with E-state index in [1.165, 1.54) is 7.05 Å². The number of nitrogens with zero attached hydrogens (tertiary/aromatic N) is 1. The van der Waals surface area contributed by atoms with Crippen molar-refractivity contribution in [3.63, 3.8) is 0 Å². The van der Waals surface area contributed by atoms with Crippen molar-refractivity contribution in [1.82, 2.24) is 20.9 Å². The maximum absolute atomic E-state index is 14.2. The van der Waals surface area contributed by atoms with E-state index >= 15 is 0 Å². The van der Waals surface area contributed by atoms with Crippen LogP contribution in [0.1, 0.15) is 46.2 Å². The second kappa shape index (κ2) is 11.8. The topological polar surface area (TPSA) is 146 Å². The number of nitrogens with one attached hydrogen (secondary N) is 4. The number of likely N-dealkylation sites (N-methyl/N-ethyl adjacent to an activating group) is 1. The first-order valence-corrected chi connectivity index (χ1v) is 11.8. The molecule has 208 valence electrons. The van der Waals surface area contributed by atoms with Crippen LogP contribution in [-0.2, 0) is 20.6 Å². The molecule has 4 N–H and O–H groups in total. The number of carbonyl (C=O) groups is 5. The minimum atomic E-state index is -4.74. The molecule has 1 aliphatic rings. The number of Topliss-reactive ketones (excluding diaryl/α,β-unsaturated/α-hetero) is 1. The number of hydrogen-bond donors (Lipinski definition) is 4. The maximum atomic E-state index is 14.2. The molecule has 15 heteroatoms. The van der Waals surface area contributed by atoms with Gasteiger partial charge in [0.05, 0.1) is 27.9 Å². The van der Waals surface area contributed by atoms with Crippen molar-refractivity contribution < 1.29 is 41.5 Å². The molecule has 4 amide bonds. The molecule has 3 rings (SSSR count). The minimum Gasteiger partial charge on any atom is -0.353 e. The van der Waals surface area contributed by atoms with Crippen molar-refractivity contribution in [1.29, 1.82) is 0 Å². The molecule has 0 saturated carbocycles. The van der Waals surface area contributed by atoms with Crippen molar-refractivity contribution in [2.24, 2.45) is 5.92 Å². The van der Waals surface area contributed by atoms with Crippen LogP contribution in [0.25, 0.3) is 0 Å². The number of carbonyl (C=O) groups excluding carboxylic acids is 5. The van der Waals surface area contributed by atoms with E-state index in [0.29, 0.717) is 24.8 Å². The zero-order valence-corrected chi connectivity index (χ0v) is 21.2. The van der Waals surface area contributed by atoms with Crippen LogP contribution in [-0.4, -0.2) is 53.5 Å². The summed E-state index contributed by atoms with van der Waals surface area (Å²) in [5.41, 5.74) is -2.43. The summed E-state index contributed by atoms with van der Waals surface area (Å²) in [6.07, 6.45) is -3.96. The average molecular weight is 572 g/mol. The highest BCUT2D eigenvalue weighted by Crippen LogP contribution is 2.28. The van der Waals surface area contributed by atoms with Gasteiger partial charge in [0.1, 0.15) is 11.5 Å². The molecule has 0 unspecified atom stereocenters. The van der Waals surface area contributed by atoms with Gasteiger partial charge in [-0.3, -0.25) is 29.0 Å². The SMILES string of the molecule is CNC(=O)C(=O)[C@H](C[C@@H]1C[C@@H](C)NC1=O)NC(=O)c1cc(Cl)c(F)cc1NC(=O)c1ccc(C(F)(F)F)nc1. The molecule has 0 radical (unpaired) electrons. The predicted octanol–water partition coefficient (Wildman–Crippen LogP) is 2.47. The van der Waals surface area contributed by atoms with Gasteiger partial charge in [-0.15, -0.1) is 0 Å². The summed E-state index contributed by atoms with van der Waals surface area (Å²) in [6.45, 7) is 1.74. The third-order valence-corrected chi connectivity index (χ3v) is 6.15. The lowest BCUT2D eigenvalue weighted by atomic mass is 9.93. The first-order valence-electron chi connectivity index (χ1n) is 11.4. The normalized spacial score (nSPS) is 17.7. The number of ketones is 1. The Hall–Kier alpha value is -4.07. The Morgan fingerprint density at radius 2 is 1.87 bits per heavy atom. The first-order chi connectivity index (χ1) is 18.2. The molecule has 39 heavy (non-hydrogen) atoms. The number of amides is 4. The molecule has 1 aromatic carbocycles. The van der Waals surface area contributed by atoms with E-state index < -0.39 is 69.4 Å². The van der Waals surface area contributed by atoms with Crippen LogP contribution in [0.4, 0.5) is 23.2 Å². The van der Waals surface area contributed by atoms with Crippen LogP contribution in [0.5, 0.6) is 0 Å². The Kier molecular flexibility index (Phi) is 8.89. The summed E-state index contributed by atoms with van der Waals surface area (Å²) < 4.78 is 52.5. The summed E-state index contributed by atoms with van der Waals surface area (Å²) >= 11 is 5.82. The van der Waals surface area contributed by atoms with Gasteiger partial charge in [0.15, 0.2) is 0 Å². The standard InChI is InChI=1S/C24H22ClF4N5O5/c1-10-5-12(21(37)32-10)6-17(19(35)23(39)30-2)34-22(38)13-7-14(25)15(26)8-16(13)33-20(36)11-3-4-18(31-9-11)24(27,28)29/h3-4,7-10,12,17H,5-6H2,1-2H3,(H,30,39)(H,32,37)(H,33,36)(H,34,38)/t10-,12+,17+/m1/s1. The zero-order valence-electron chi connectivity index (χ0n) is 20.4. The summed E-state index contributed by atoms with van der Waals surface area (Å²) in [5, 5.41) is 8.84. The van der Waals surface area contributed by atoms with E-state index in [1.807, 2.05) is 0 Å². The molecule has 1 aromatic heterocycles. The lowest BCUT2D eigenvalue weighted by Crippen LogP contribution is -2.48. The summed E-state index contributed by atoms with van der Waals surface area (Å²) in [5.74, 6) is -6.26. The summed E-state index contributed by atoms with van der Waals surface area (Å²) in [6, 6.07) is 1.31. The van der Waals surface area contributed by atoms with Gasteiger partial charge in [-0.2, -0.15) is 13.2 Å². The van der Waals surface area contributed by atoms with Gasteiger partial charge in [0.2, 0.25) is 11.7 Å². The van der Waals surface area contributed by atoms with E-state index in [0.717, 1.165) is 12.1 Å². The first kappa shape index (κ1) is 29.5. The Bertz CT molecular complexity index is 1320. The quantitative estimate of drug-likeness (QED) is 0.283. The monoisotopic (exact) mass is 571 g/mol. The molecule has 1 aliphatic heterocycles. The van der Waals surface area contributed by atoms with E-state index in [1.54, 1.807) is 6.92 Å². The van der Waals surface area contributed by atoms with E-state index in [4.69, 9.17) is 11.6 Å². The van der Waals surface area contributed by atoms with E-state index in [2.05, 4.69) is 26.3 Å². The maximum Gasteiger partial charge on any atom is 0.433 e. The number of rotatable bonds is 8. The third-order valence-electron chi connectivity index (χ3n) is 5.86. The van der Waals surface area contributed by atoms with Crippen molar-refractivity contribution >= 4 is 46.7 Å². The molecule has 2 aromatic rings. The van der Waals surface area contributed by atoms with Crippen LogP contribution in [0.2, 0.25) is 5.02 Å². The van der Waals surface area contributed by atoms with Crippen LogP contribution in [0.15, 0.2) is 30.5 Å². The number of benzene rings is 1. The Balaban J connectivity index is 1.88. The van der Waals surface area contributed by atoms with E-state index in [9.17, 15) is 41.5 Å². The third kappa shape index (κ3) is 7.07. The van der Waals surface area contributed by atoms with Gasteiger partial charge >= 0.3 is 6.18 Å². The number of anilines is 1. The number of pyridine rings is 1. The van der Waals surface area contributed by atoms with Crippen LogP contribution in [0.3, 0.4) is 0 Å². The Morgan fingerprint density at radius 3 is 2.41 bits per heavy atom. The fourth-order valence-electron chi connectivity index (χ4n) is 3.92. The molecule has 1 saturated heterocycles. The highest BCUT2D eigenvalue weighted by atomic mass is 35.5. The van der Waals surface area contributed by atoms with Gasteiger partial charge < -0.3 is 21.3 Å². The number of alkyl halides is 3. The molecular weight excluding hydrogens is 550 g/mol. The zero-order chi connectivity index (χ0) is 29.1. The van der Waals surface area contributed by atoms with Crippen molar-refractivity contribution in [2.75, 3.05) is 12.4 Å². The van der Waals surface area contributed by atoms with Gasteiger partial charge in [0.25, 0.3) is 17.7 Å². The van der Waals surface area contributed by atoms with Crippen molar-refractivity contribution in [3.05, 3.63) is 58.1 Å². The summed E-state index contributed by atoms with van der Waals surface area (Å²) in [7, 11) is 1.20. The van der Waals surface area contributed by atoms with Crippen LogP contribution < -0.4 is 21.3 Å². The Labute approximate surface area is 223 Å². The predicted molar refractivity (Wildman–Crippen MR) is 129 cm³/mol. The largest absolute Gasteiger partial charge is 0.433 e. The number of halogens is 5. The molecule has 0 spiro atoms. The van der Waals surface area contributed by atoms with Crippen LogP contribution in [0, 0.1) is 11.7 Å². The lowest BCUT2D eigenvalue weighted by molar-refractivity contribution is -0.141. The van der Waals surface area contributed by atoms with Gasteiger partial charge in [-0.1, -0.05) is 11.6 Å². The highest BCUT2D eigenvalue weighted by Gasteiger charge is 2.36. The molecule has 10 nitrogen and oxygen atoms in total. The number of aromatic nitrogens is 1. The van der Waals surface area contributed by atoms with Gasteiger partial charge in [0, 0.05) is 25.2 Å². The number of hydrogen-bond acceptors (Lipinski definition) is 6. The molecular formula is C24H22ClF4N5O5. The fourth-order valence-corrected chi connectivity index (χ4v) is 4.08. The lowest BCUT2D eigenvalue weighted by Gasteiger charge is -2.20. The molecule has 3 atom stereocenters. The molecule has 0 aliphatic carbocycles. The van der Waals surface area contributed by atoms with E-state index in [-0.39, 0.29) is 23.9 Å². The van der Waals surface area contributed by atoms with Crippen molar-refractivity contribution in [3.8, 4) is 0 Å². The minimum absolute atomic E-state index is 0.189. The summed E-state index contributed by atoms with van der Waals surface area (Å²) in [4.78, 5) is 65.9. The highest BCUT2D eigenvalue weighted by molar-refractivity contribution is 6.38.